The van der Waals surface area contributed by atoms with Crippen molar-refractivity contribution in [1.82, 2.24) is 4.90 Å². The van der Waals surface area contributed by atoms with Crippen LogP contribution in [-0.2, 0) is 4.79 Å². The average Bonchev–Trinajstić information content (AvgIpc) is 2.75. The molecule has 102 valence electrons. The summed E-state index contributed by atoms with van der Waals surface area (Å²) in [7, 11) is 0. The minimum Gasteiger partial charge on any atom is -0.393 e. The number of thiocarbonyl (C=S) groups is 1. The van der Waals surface area contributed by atoms with Crippen molar-refractivity contribution >= 4 is 23.1 Å². The minimum absolute atomic E-state index is 0.0482. The molecule has 3 nitrogen and oxygen atoms in total. The Morgan fingerprint density at radius 2 is 1.94 bits per heavy atom. The molecule has 2 rings (SSSR count). The smallest absolute Gasteiger partial charge is 0.225 e. The summed E-state index contributed by atoms with van der Waals surface area (Å²) in [6.45, 7) is 5.96. The van der Waals surface area contributed by atoms with Crippen molar-refractivity contribution in [3.05, 3.63) is 0 Å². The van der Waals surface area contributed by atoms with Crippen LogP contribution in [0.3, 0.4) is 0 Å². The number of hydrogen-bond acceptors (Lipinski definition) is 2. The molecular weight excluding hydrogens is 244 g/mol. The molecular formula is C14H24N2OS. The van der Waals surface area contributed by atoms with Crippen LogP contribution in [0.2, 0.25) is 0 Å². The van der Waals surface area contributed by atoms with Crippen LogP contribution in [0.4, 0.5) is 0 Å². The van der Waals surface area contributed by atoms with Gasteiger partial charge in [0, 0.05) is 24.4 Å². The maximum absolute atomic E-state index is 12.5. The molecule has 0 aromatic rings. The van der Waals surface area contributed by atoms with E-state index in [1.807, 2.05) is 4.90 Å². The van der Waals surface area contributed by atoms with E-state index in [2.05, 4.69) is 13.8 Å². The number of rotatable bonds is 2. The van der Waals surface area contributed by atoms with Gasteiger partial charge in [0.15, 0.2) is 0 Å². The summed E-state index contributed by atoms with van der Waals surface area (Å²) in [6.07, 6.45) is 5.30. The molecule has 2 unspecified atom stereocenters. The van der Waals surface area contributed by atoms with Crippen LogP contribution in [-0.4, -0.2) is 28.9 Å². The molecule has 2 aliphatic rings. The van der Waals surface area contributed by atoms with E-state index in [9.17, 15) is 4.79 Å². The topological polar surface area (TPSA) is 46.3 Å². The fourth-order valence-corrected chi connectivity index (χ4v) is 3.42. The van der Waals surface area contributed by atoms with Gasteiger partial charge in [0.1, 0.15) is 0 Å². The zero-order chi connectivity index (χ0) is 13.3. The lowest BCUT2D eigenvalue weighted by atomic mass is 9.80. The Morgan fingerprint density at radius 1 is 1.33 bits per heavy atom. The summed E-state index contributed by atoms with van der Waals surface area (Å²) in [6, 6.07) is 0. The Balaban J connectivity index is 1.93. The van der Waals surface area contributed by atoms with Gasteiger partial charge in [-0.05, 0) is 31.6 Å². The first kappa shape index (κ1) is 13.8. The van der Waals surface area contributed by atoms with Gasteiger partial charge in [0.25, 0.3) is 0 Å². The maximum atomic E-state index is 12.5. The van der Waals surface area contributed by atoms with Crippen LogP contribution in [0.5, 0.6) is 0 Å². The first-order valence-corrected chi connectivity index (χ1v) is 7.43. The lowest BCUT2D eigenvalue weighted by Crippen LogP contribution is -2.48. The first-order valence-electron chi connectivity index (χ1n) is 7.03. The Kier molecular flexibility index (Phi) is 3.95. The molecule has 1 saturated heterocycles. The number of likely N-dealkylation sites (tertiary alicyclic amines) is 1. The molecule has 0 bridgehead atoms. The number of amides is 1. The predicted octanol–water partition coefficient (Wildman–Crippen LogP) is 2.34. The lowest BCUT2D eigenvalue weighted by molar-refractivity contribution is -0.138. The third-order valence-corrected chi connectivity index (χ3v) is 5.45. The third-order valence-electron chi connectivity index (χ3n) is 4.95. The van der Waals surface area contributed by atoms with Gasteiger partial charge in [-0.1, -0.05) is 32.5 Å². The van der Waals surface area contributed by atoms with E-state index in [4.69, 9.17) is 18.0 Å². The molecule has 2 fully saturated rings. The van der Waals surface area contributed by atoms with E-state index in [0.29, 0.717) is 16.8 Å². The summed E-state index contributed by atoms with van der Waals surface area (Å²) in [4.78, 5) is 15.1. The molecule has 4 heteroatoms. The van der Waals surface area contributed by atoms with E-state index in [1.165, 1.54) is 12.8 Å². The quantitative estimate of drug-likeness (QED) is 0.782. The lowest BCUT2D eigenvalue weighted by Gasteiger charge is -2.40. The highest BCUT2D eigenvalue weighted by Crippen LogP contribution is 2.36. The van der Waals surface area contributed by atoms with E-state index in [1.54, 1.807) is 0 Å². The standard InChI is InChI=1S/C14H24N2OS/c1-10-4-3-5-11(10)12(17)16-8-6-14(2,7-9-16)13(15)18/h10-11H,3-9H2,1-2H3,(H2,15,18). The number of piperidine rings is 1. The second-order valence-electron chi connectivity index (χ2n) is 6.26. The Morgan fingerprint density at radius 3 is 2.39 bits per heavy atom. The van der Waals surface area contributed by atoms with Gasteiger partial charge in [0.2, 0.25) is 5.91 Å². The zero-order valence-corrected chi connectivity index (χ0v) is 12.3. The first-order chi connectivity index (χ1) is 8.44. The van der Waals surface area contributed by atoms with Crippen molar-refractivity contribution in [2.24, 2.45) is 23.0 Å². The Labute approximate surface area is 115 Å². The zero-order valence-electron chi connectivity index (χ0n) is 11.4. The van der Waals surface area contributed by atoms with Gasteiger partial charge in [-0.3, -0.25) is 4.79 Å². The van der Waals surface area contributed by atoms with Crippen molar-refractivity contribution < 1.29 is 4.79 Å². The van der Waals surface area contributed by atoms with Crippen LogP contribution < -0.4 is 5.73 Å². The van der Waals surface area contributed by atoms with Gasteiger partial charge >= 0.3 is 0 Å². The minimum atomic E-state index is -0.0482. The van der Waals surface area contributed by atoms with Crippen LogP contribution in [0.1, 0.15) is 46.0 Å². The van der Waals surface area contributed by atoms with Crippen molar-refractivity contribution in [2.75, 3.05) is 13.1 Å². The van der Waals surface area contributed by atoms with E-state index in [0.717, 1.165) is 32.4 Å². The van der Waals surface area contributed by atoms with E-state index in [-0.39, 0.29) is 11.3 Å². The highest BCUT2D eigenvalue weighted by atomic mass is 32.1. The predicted molar refractivity (Wildman–Crippen MR) is 77.2 cm³/mol. The highest BCUT2D eigenvalue weighted by Gasteiger charge is 2.38. The second-order valence-corrected chi connectivity index (χ2v) is 6.70. The van der Waals surface area contributed by atoms with Gasteiger partial charge in [-0.15, -0.1) is 0 Å². The summed E-state index contributed by atoms with van der Waals surface area (Å²) < 4.78 is 0. The fourth-order valence-electron chi connectivity index (χ4n) is 3.21. The Bertz CT molecular complexity index is 348. The SMILES string of the molecule is CC1CCCC1C(=O)N1CCC(C)(C(N)=S)CC1. The number of nitrogens with zero attached hydrogens (tertiary/aromatic N) is 1. The molecule has 1 amide bonds. The third kappa shape index (κ3) is 2.53. The molecule has 0 aromatic carbocycles. The largest absolute Gasteiger partial charge is 0.393 e. The van der Waals surface area contributed by atoms with Crippen LogP contribution in [0, 0.1) is 17.3 Å². The fraction of sp³-hybridized carbons (Fsp3) is 0.857. The van der Waals surface area contributed by atoms with Crippen molar-refractivity contribution in [3.63, 3.8) is 0 Å². The summed E-state index contributed by atoms with van der Waals surface area (Å²) in [5.74, 6) is 1.19. The molecule has 1 heterocycles. The molecule has 18 heavy (non-hydrogen) atoms. The molecule has 2 N–H and O–H groups in total. The van der Waals surface area contributed by atoms with Gasteiger partial charge in [-0.25, -0.2) is 0 Å². The normalized spacial score (nSPS) is 31.3. The molecule has 0 aromatic heterocycles. The molecule has 0 radical (unpaired) electrons. The average molecular weight is 268 g/mol. The van der Waals surface area contributed by atoms with Crippen LogP contribution in [0.15, 0.2) is 0 Å². The van der Waals surface area contributed by atoms with Gasteiger partial charge in [-0.2, -0.15) is 0 Å². The van der Waals surface area contributed by atoms with Crippen molar-refractivity contribution in [3.8, 4) is 0 Å². The summed E-state index contributed by atoms with van der Waals surface area (Å²) in [5.41, 5.74) is 5.75. The summed E-state index contributed by atoms with van der Waals surface area (Å²) >= 11 is 5.13. The molecule has 1 aliphatic heterocycles. The van der Waals surface area contributed by atoms with Crippen molar-refractivity contribution in [2.45, 2.75) is 46.0 Å². The number of nitrogens with two attached hydrogens (primary N) is 1. The van der Waals surface area contributed by atoms with E-state index >= 15 is 0 Å². The van der Waals surface area contributed by atoms with Crippen LogP contribution in [0.25, 0.3) is 0 Å². The number of carbonyl (C=O) groups is 1. The Hall–Kier alpha value is -0.640. The van der Waals surface area contributed by atoms with Crippen molar-refractivity contribution in [1.29, 1.82) is 0 Å². The van der Waals surface area contributed by atoms with Gasteiger partial charge < -0.3 is 10.6 Å². The van der Waals surface area contributed by atoms with Gasteiger partial charge in [0.05, 0.1) is 4.99 Å². The molecule has 2 atom stereocenters. The molecule has 0 spiro atoms. The second kappa shape index (κ2) is 5.16. The molecule has 1 saturated carbocycles. The monoisotopic (exact) mass is 268 g/mol. The number of carbonyl (C=O) groups excluding carboxylic acids is 1. The van der Waals surface area contributed by atoms with E-state index < -0.39 is 0 Å². The number of hydrogen-bond donors (Lipinski definition) is 1. The maximum Gasteiger partial charge on any atom is 0.225 e. The highest BCUT2D eigenvalue weighted by molar-refractivity contribution is 7.80. The molecule has 1 aliphatic carbocycles. The van der Waals surface area contributed by atoms with Crippen LogP contribution >= 0.6 is 12.2 Å². The summed E-state index contributed by atoms with van der Waals surface area (Å²) in [5, 5.41) is 0.